The second kappa shape index (κ2) is 7.08. The number of ether oxygens (including phenoxy) is 1. The first kappa shape index (κ1) is 17.0. The van der Waals surface area contributed by atoms with E-state index in [4.69, 9.17) is 15.5 Å². The van der Waals surface area contributed by atoms with Crippen LogP contribution in [-0.4, -0.2) is 17.5 Å². The summed E-state index contributed by atoms with van der Waals surface area (Å²) in [7, 11) is 0. The van der Waals surface area contributed by atoms with Crippen molar-refractivity contribution in [1.29, 1.82) is 5.26 Å². The highest BCUT2D eigenvalue weighted by molar-refractivity contribution is 5.98. The molecule has 2 N–H and O–H groups in total. The van der Waals surface area contributed by atoms with E-state index in [0.717, 1.165) is 34.1 Å². The van der Waals surface area contributed by atoms with Crippen LogP contribution in [0.4, 0.5) is 0 Å². The van der Waals surface area contributed by atoms with Crippen LogP contribution in [0.5, 0.6) is 5.75 Å². The molecule has 1 aliphatic carbocycles. The summed E-state index contributed by atoms with van der Waals surface area (Å²) in [6.07, 6.45) is 3.23. The number of amides is 1. The van der Waals surface area contributed by atoms with Gasteiger partial charge in [0, 0.05) is 10.9 Å². The second-order valence-electron chi connectivity index (χ2n) is 6.87. The van der Waals surface area contributed by atoms with Crippen LogP contribution in [0.25, 0.3) is 22.0 Å². The lowest BCUT2D eigenvalue weighted by molar-refractivity contribution is -0.119. The molecule has 1 saturated carbocycles. The lowest BCUT2D eigenvalue weighted by Gasteiger charge is -2.14. The van der Waals surface area contributed by atoms with Crippen LogP contribution in [-0.2, 0) is 11.2 Å². The molecule has 0 radical (unpaired) electrons. The van der Waals surface area contributed by atoms with Crippen LogP contribution in [0.15, 0.2) is 48.5 Å². The van der Waals surface area contributed by atoms with Crippen LogP contribution in [0.1, 0.15) is 24.1 Å². The van der Waals surface area contributed by atoms with E-state index in [2.05, 4.69) is 6.07 Å². The summed E-state index contributed by atoms with van der Waals surface area (Å²) in [4.78, 5) is 15.8. The highest BCUT2D eigenvalue weighted by Crippen LogP contribution is 2.38. The lowest BCUT2D eigenvalue weighted by atomic mass is 9.93. The highest BCUT2D eigenvalue weighted by atomic mass is 16.5. The smallest absolute Gasteiger partial charge is 0.255 e. The number of primary amides is 1. The fourth-order valence-electron chi connectivity index (χ4n) is 3.31. The van der Waals surface area contributed by atoms with Gasteiger partial charge in [-0.1, -0.05) is 30.3 Å². The molecule has 1 fully saturated rings. The molecule has 134 valence electrons. The number of rotatable bonds is 6. The zero-order valence-corrected chi connectivity index (χ0v) is 14.8. The van der Waals surface area contributed by atoms with Gasteiger partial charge in [0.05, 0.1) is 16.8 Å². The first-order chi connectivity index (χ1) is 13.2. The average molecular weight is 357 g/mol. The zero-order chi connectivity index (χ0) is 18.8. The van der Waals surface area contributed by atoms with E-state index >= 15 is 0 Å². The molecule has 1 heterocycles. The average Bonchev–Trinajstić information content (AvgIpc) is 3.50. The van der Waals surface area contributed by atoms with Gasteiger partial charge in [0.25, 0.3) is 5.91 Å². The molecule has 27 heavy (non-hydrogen) atoms. The number of benzene rings is 2. The number of carbonyl (C=O) groups excluding carboxylic acids is 1. The van der Waals surface area contributed by atoms with Gasteiger partial charge in [0.1, 0.15) is 11.8 Å². The third-order valence-electron chi connectivity index (χ3n) is 4.77. The Bertz CT molecular complexity index is 1050. The van der Waals surface area contributed by atoms with Crippen molar-refractivity contribution in [2.75, 3.05) is 6.61 Å². The maximum atomic E-state index is 11.0. The molecule has 1 amide bonds. The van der Waals surface area contributed by atoms with Crippen molar-refractivity contribution in [3.05, 3.63) is 59.8 Å². The van der Waals surface area contributed by atoms with Crippen molar-refractivity contribution in [2.24, 2.45) is 11.7 Å². The van der Waals surface area contributed by atoms with E-state index < -0.39 is 5.91 Å². The third-order valence-corrected chi connectivity index (χ3v) is 4.77. The fourth-order valence-corrected chi connectivity index (χ4v) is 3.31. The molecule has 1 aliphatic rings. The van der Waals surface area contributed by atoms with E-state index in [-0.39, 0.29) is 6.61 Å². The molecular formula is C22H19N3O2. The van der Waals surface area contributed by atoms with Crippen LogP contribution in [0.2, 0.25) is 0 Å². The summed E-state index contributed by atoms with van der Waals surface area (Å²) in [6, 6.07) is 17.7. The Morgan fingerprint density at radius 1 is 1.22 bits per heavy atom. The minimum absolute atomic E-state index is 0.190. The summed E-state index contributed by atoms with van der Waals surface area (Å²) >= 11 is 0. The molecule has 5 heteroatoms. The van der Waals surface area contributed by atoms with Gasteiger partial charge in [0.2, 0.25) is 0 Å². The van der Waals surface area contributed by atoms with E-state index in [1.54, 1.807) is 6.07 Å². The summed E-state index contributed by atoms with van der Waals surface area (Å²) < 4.78 is 5.46. The predicted octanol–water partition coefficient (Wildman–Crippen LogP) is 3.59. The molecule has 0 unspecified atom stereocenters. The molecule has 3 aromatic rings. The maximum Gasteiger partial charge on any atom is 0.255 e. The Hall–Kier alpha value is -3.39. The molecule has 0 bridgehead atoms. The predicted molar refractivity (Wildman–Crippen MR) is 103 cm³/mol. The van der Waals surface area contributed by atoms with Gasteiger partial charge >= 0.3 is 0 Å². The van der Waals surface area contributed by atoms with E-state index in [9.17, 15) is 10.1 Å². The maximum absolute atomic E-state index is 11.0. The van der Waals surface area contributed by atoms with E-state index in [0.29, 0.717) is 17.2 Å². The number of nitrogens with zero attached hydrogens (tertiary/aromatic N) is 2. The molecular weight excluding hydrogens is 338 g/mol. The molecule has 1 aromatic heterocycles. The lowest BCUT2D eigenvalue weighted by Crippen LogP contribution is -2.20. The largest absolute Gasteiger partial charge is 0.484 e. The van der Waals surface area contributed by atoms with Gasteiger partial charge < -0.3 is 10.5 Å². The number of nitriles is 1. The first-order valence-electron chi connectivity index (χ1n) is 8.99. The normalized spacial score (nSPS) is 13.3. The second-order valence-corrected chi connectivity index (χ2v) is 6.87. The quantitative estimate of drug-likeness (QED) is 0.730. The van der Waals surface area contributed by atoms with E-state index in [1.165, 1.54) is 12.8 Å². The summed E-state index contributed by atoms with van der Waals surface area (Å²) in [5, 5.41) is 10.7. The number of pyridine rings is 1. The third kappa shape index (κ3) is 3.61. The van der Waals surface area contributed by atoms with Gasteiger partial charge in [-0.2, -0.15) is 5.26 Å². The molecule has 0 atom stereocenters. The highest BCUT2D eigenvalue weighted by Gasteiger charge is 2.26. The van der Waals surface area contributed by atoms with Gasteiger partial charge in [-0.05, 0) is 48.9 Å². The molecule has 0 spiro atoms. The number of hydrogen-bond acceptors (Lipinski definition) is 4. The molecule has 2 aromatic carbocycles. The van der Waals surface area contributed by atoms with Crippen LogP contribution < -0.4 is 10.5 Å². The van der Waals surface area contributed by atoms with E-state index in [1.807, 2.05) is 42.5 Å². The molecule has 5 nitrogen and oxygen atoms in total. The summed E-state index contributed by atoms with van der Waals surface area (Å²) in [5.74, 6) is 0.622. The van der Waals surface area contributed by atoms with Gasteiger partial charge in [-0.15, -0.1) is 0 Å². The van der Waals surface area contributed by atoms with Crippen molar-refractivity contribution < 1.29 is 9.53 Å². The Balaban J connectivity index is 1.92. The van der Waals surface area contributed by atoms with Gasteiger partial charge in [-0.25, -0.2) is 0 Å². The van der Waals surface area contributed by atoms with Crippen molar-refractivity contribution >= 4 is 16.8 Å². The Morgan fingerprint density at radius 2 is 2.00 bits per heavy atom. The monoisotopic (exact) mass is 357 g/mol. The topological polar surface area (TPSA) is 89.0 Å². The van der Waals surface area contributed by atoms with Gasteiger partial charge in [-0.3, -0.25) is 9.78 Å². The van der Waals surface area contributed by atoms with Crippen LogP contribution in [0.3, 0.4) is 0 Å². The van der Waals surface area contributed by atoms with Crippen molar-refractivity contribution in [2.45, 2.75) is 19.3 Å². The standard InChI is InChI=1S/C22H19N3O2/c23-12-18-20(10-14-6-7-14)25-19-9-8-16(27-13-21(24)26)11-17(19)22(18)15-4-2-1-3-5-15/h1-5,8-9,11,14H,6-7,10,13H2,(H2,24,26). The van der Waals surface area contributed by atoms with Crippen molar-refractivity contribution in [1.82, 2.24) is 4.98 Å². The first-order valence-corrected chi connectivity index (χ1v) is 8.99. The zero-order valence-electron chi connectivity index (χ0n) is 14.8. The van der Waals surface area contributed by atoms with Crippen molar-refractivity contribution in [3.8, 4) is 22.9 Å². The Morgan fingerprint density at radius 3 is 2.67 bits per heavy atom. The van der Waals surface area contributed by atoms with Crippen LogP contribution in [0, 0.1) is 17.2 Å². The number of fused-ring (bicyclic) bond motifs is 1. The minimum atomic E-state index is -0.533. The van der Waals surface area contributed by atoms with Gasteiger partial charge in [0.15, 0.2) is 6.61 Å². The SMILES string of the molecule is N#Cc1c(CC2CC2)nc2ccc(OCC(N)=O)cc2c1-c1ccccc1. The summed E-state index contributed by atoms with van der Waals surface area (Å²) in [5.41, 5.74) is 9.29. The minimum Gasteiger partial charge on any atom is -0.484 e. The molecule has 0 aliphatic heterocycles. The Labute approximate surface area is 157 Å². The van der Waals surface area contributed by atoms with Crippen molar-refractivity contribution in [3.63, 3.8) is 0 Å². The fraction of sp³-hybridized carbons (Fsp3) is 0.227. The number of aromatic nitrogens is 1. The summed E-state index contributed by atoms with van der Waals surface area (Å²) in [6.45, 7) is -0.190. The molecule has 0 saturated heterocycles. The Kier molecular flexibility index (Phi) is 4.47. The van der Waals surface area contributed by atoms with Crippen LogP contribution >= 0.6 is 0 Å². The number of carbonyl (C=O) groups is 1. The molecule has 4 rings (SSSR count). The number of nitrogens with two attached hydrogens (primary N) is 1. The number of hydrogen-bond donors (Lipinski definition) is 1.